The molecule has 0 bridgehead atoms. The summed E-state index contributed by atoms with van der Waals surface area (Å²) in [7, 11) is 0. The van der Waals surface area contributed by atoms with Gasteiger partial charge in [-0.3, -0.25) is 24.3 Å². The Morgan fingerprint density at radius 2 is 1.82 bits per heavy atom. The van der Waals surface area contributed by atoms with Gasteiger partial charge in [-0.15, -0.1) is 0 Å². The van der Waals surface area contributed by atoms with Crippen molar-refractivity contribution in [1.29, 1.82) is 0 Å². The second-order valence-corrected chi connectivity index (χ2v) is 8.55. The Hall–Kier alpha value is -1.80. The number of rotatable bonds is 3. The van der Waals surface area contributed by atoms with Crippen LogP contribution >= 0.6 is 0 Å². The molecular weight excluding hydrogens is 358 g/mol. The molecule has 2 unspecified atom stereocenters. The molecule has 0 aliphatic carbocycles. The normalized spacial score (nSPS) is 31.2. The van der Waals surface area contributed by atoms with Crippen LogP contribution in [-0.4, -0.2) is 88.2 Å². The molecule has 4 aliphatic rings. The van der Waals surface area contributed by atoms with E-state index in [0.29, 0.717) is 38.6 Å². The van der Waals surface area contributed by atoms with Gasteiger partial charge in [0.1, 0.15) is 5.54 Å². The van der Waals surface area contributed by atoms with Gasteiger partial charge in [0.15, 0.2) is 0 Å². The number of carbonyl (C=O) groups excluding carboxylic acids is 2. The van der Waals surface area contributed by atoms with Gasteiger partial charge < -0.3 is 9.84 Å². The smallest absolute Gasteiger partial charge is 0.252 e. The molecule has 28 heavy (non-hydrogen) atoms. The zero-order valence-electron chi connectivity index (χ0n) is 16.0. The average molecular weight is 385 g/mol. The highest BCUT2D eigenvalue weighted by atomic mass is 16.5. The highest BCUT2D eigenvalue weighted by molar-refractivity contribution is 6.06. The summed E-state index contributed by atoms with van der Waals surface area (Å²) >= 11 is 0. The van der Waals surface area contributed by atoms with Crippen molar-refractivity contribution >= 4 is 11.8 Å². The first-order valence-corrected chi connectivity index (χ1v) is 10.2. The van der Waals surface area contributed by atoms with Gasteiger partial charge in [0.2, 0.25) is 5.91 Å². The lowest BCUT2D eigenvalue weighted by molar-refractivity contribution is -0.184. The van der Waals surface area contributed by atoms with Crippen LogP contribution in [-0.2, 0) is 20.9 Å². The third-order valence-electron chi connectivity index (χ3n) is 6.84. The van der Waals surface area contributed by atoms with Crippen molar-refractivity contribution in [2.24, 2.45) is 0 Å². The fourth-order valence-corrected chi connectivity index (χ4v) is 5.34. The van der Waals surface area contributed by atoms with Crippen molar-refractivity contribution in [3.63, 3.8) is 0 Å². The molecule has 4 fully saturated rings. The van der Waals surface area contributed by atoms with Crippen LogP contribution in [0.1, 0.15) is 24.8 Å². The summed E-state index contributed by atoms with van der Waals surface area (Å²) in [6, 6.07) is 9.71. The number of amides is 2. The standard InChI is InChI=1S/C21H27N3O4/c25-17-10-18-19(26)23(11-15-4-2-1-3-5-15)20(27)21(24(18)12-17)13-22(14-21)16-6-8-28-9-7-16/h1-5,16-18,25H,6-14H2. The summed E-state index contributed by atoms with van der Waals surface area (Å²) in [6.45, 7) is 3.52. The minimum atomic E-state index is -0.677. The molecule has 7 heteroatoms. The summed E-state index contributed by atoms with van der Waals surface area (Å²) in [5.74, 6) is -0.268. The van der Waals surface area contributed by atoms with E-state index in [4.69, 9.17) is 4.74 Å². The van der Waals surface area contributed by atoms with Crippen LogP contribution in [0.5, 0.6) is 0 Å². The zero-order chi connectivity index (χ0) is 19.3. The van der Waals surface area contributed by atoms with Gasteiger partial charge in [-0.25, -0.2) is 0 Å². The summed E-state index contributed by atoms with van der Waals surface area (Å²) in [5, 5.41) is 10.3. The summed E-state index contributed by atoms with van der Waals surface area (Å²) < 4.78 is 5.47. The summed E-state index contributed by atoms with van der Waals surface area (Å²) in [5.41, 5.74) is 0.273. The maximum atomic E-state index is 13.6. The third kappa shape index (κ3) is 2.80. The van der Waals surface area contributed by atoms with Crippen LogP contribution in [0.4, 0.5) is 0 Å². The molecule has 1 aromatic carbocycles. The van der Waals surface area contributed by atoms with Crippen molar-refractivity contribution in [3.05, 3.63) is 35.9 Å². The van der Waals surface area contributed by atoms with E-state index in [1.165, 1.54) is 4.90 Å². The minimum Gasteiger partial charge on any atom is -0.392 e. The van der Waals surface area contributed by atoms with Gasteiger partial charge >= 0.3 is 0 Å². The van der Waals surface area contributed by atoms with E-state index >= 15 is 0 Å². The number of fused-ring (bicyclic) bond motifs is 2. The molecular formula is C21H27N3O4. The molecule has 7 nitrogen and oxygen atoms in total. The first kappa shape index (κ1) is 18.2. The van der Waals surface area contributed by atoms with Gasteiger partial charge in [-0.05, 0) is 24.8 Å². The van der Waals surface area contributed by atoms with Crippen LogP contribution in [0.15, 0.2) is 30.3 Å². The maximum absolute atomic E-state index is 13.6. The number of β-amino-alcohol motifs (C(OH)–C–C–N with tert-alkyl or cyclic N) is 1. The zero-order valence-corrected chi connectivity index (χ0v) is 16.0. The van der Waals surface area contributed by atoms with Gasteiger partial charge in [-0.2, -0.15) is 0 Å². The quantitative estimate of drug-likeness (QED) is 0.751. The van der Waals surface area contributed by atoms with Crippen LogP contribution in [0.2, 0.25) is 0 Å². The van der Waals surface area contributed by atoms with E-state index < -0.39 is 17.7 Å². The predicted molar refractivity (Wildman–Crippen MR) is 101 cm³/mol. The number of nitrogens with zero attached hydrogens (tertiary/aromatic N) is 3. The lowest BCUT2D eigenvalue weighted by Crippen LogP contribution is -2.82. The number of hydrogen-bond donors (Lipinski definition) is 1. The van der Waals surface area contributed by atoms with Crippen molar-refractivity contribution < 1.29 is 19.4 Å². The Balaban J connectivity index is 1.41. The second kappa shape index (κ2) is 6.91. The van der Waals surface area contributed by atoms with Crippen LogP contribution in [0.25, 0.3) is 0 Å². The molecule has 2 atom stereocenters. The SMILES string of the molecule is O=C1C2CC(O)CN2C2(CN(C3CCOCC3)C2)C(=O)N1Cc1ccccc1. The molecule has 1 aromatic rings. The Labute approximate surface area is 164 Å². The first-order chi connectivity index (χ1) is 13.6. The highest BCUT2D eigenvalue weighted by Crippen LogP contribution is 2.42. The van der Waals surface area contributed by atoms with Crippen LogP contribution in [0, 0.1) is 0 Å². The summed E-state index contributed by atoms with van der Waals surface area (Å²) in [6.07, 6.45) is 1.84. The number of imide groups is 1. The van der Waals surface area contributed by atoms with E-state index in [1.54, 1.807) is 0 Å². The number of aliphatic hydroxyl groups excluding tert-OH is 1. The van der Waals surface area contributed by atoms with Gasteiger partial charge in [0.05, 0.1) is 18.7 Å². The van der Waals surface area contributed by atoms with Crippen LogP contribution < -0.4 is 0 Å². The lowest BCUT2D eigenvalue weighted by Gasteiger charge is -2.60. The van der Waals surface area contributed by atoms with Gasteiger partial charge in [0, 0.05) is 38.9 Å². The Bertz CT molecular complexity index is 758. The number of aliphatic hydroxyl groups is 1. The lowest BCUT2D eigenvalue weighted by atomic mass is 9.80. The number of carbonyl (C=O) groups is 2. The molecule has 2 amide bonds. The monoisotopic (exact) mass is 385 g/mol. The molecule has 1 spiro atoms. The maximum Gasteiger partial charge on any atom is 0.252 e. The topological polar surface area (TPSA) is 73.3 Å². The Morgan fingerprint density at radius 3 is 2.54 bits per heavy atom. The van der Waals surface area contributed by atoms with Gasteiger partial charge in [-0.1, -0.05) is 30.3 Å². The molecule has 150 valence electrons. The predicted octanol–water partition coefficient (Wildman–Crippen LogP) is 0.224. The van der Waals surface area contributed by atoms with E-state index in [2.05, 4.69) is 4.90 Å². The molecule has 4 aliphatic heterocycles. The van der Waals surface area contributed by atoms with Crippen molar-refractivity contribution in [3.8, 4) is 0 Å². The highest BCUT2D eigenvalue weighted by Gasteiger charge is 2.64. The molecule has 0 aromatic heterocycles. The average Bonchev–Trinajstić information content (AvgIpc) is 3.08. The molecule has 4 heterocycles. The number of hydrogen-bond acceptors (Lipinski definition) is 6. The van der Waals surface area contributed by atoms with E-state index in [-0.39, 0.29) is 11.8 Å². The molecule has 0 radical (unpaired) electrons. The van der Waals surface area contributed by atoms with E-state index in [0.717, 1.165) is 31.6 Å². The number of benzene rings is 1. The first-order valence-electron chi connectivity index (χ1n) is 10.2. The Kier molecular flexibility index (Phi) is 4.50. The number of piperazine rings is 1. The molecule has 0 saturated carbocycles. The minimum absolute atomic E-state index is 0.102. The van der Waals surface area contributed by atoms with Gasteiger partial charge in [0.25, 0.3) is 5.91 Å². The molecule has 4 saturated heterocycles. The van der Waals surface area contributed by atoms with Crippen molar-refractivity contribution in [2.45, 2.75) is 49.5 Å². The Morgan fingerprint density at radius 1 is 1.11 bits per heavy atom. The third-order valence-corrected chi connectivity index (χ3v) is 6.84. The van der Waals surface area contributed by atoms with Crippen molar-refractivity contribution in [2.75, 3.05) is 32.8 Å². The van der Waals surface area contributed by atoms with E-state index in [9.17, 15) is 14.7 Å². The van der Waals surface area contributed by atoms with E-state index in [1.807, 2.05) is 35.2 Å². The number of likely N-dealkylation sites (tertiary alicyclic amines) is 1. The summed E-state index contributed by atoms with van der Waals surface area (Å²) in [4.78, 5) is 32.5. The second-order valence-electron chi connectivity index (χ2n) is 8.55. The van der Waals surface area contributed by atoms with Crippen LogP contribution in [0.3, 0.4) is 0 Å². The fourth-order valence-electron chi connectivity index (χ4n) is 5.34. The molecule has 1 N–H and O–H groups in total. The fraction of sp³-hybridized carbons (Fsp3) is 0.619. The largest absolute Gasteiger partial charge is 0.392 e. The molecule has 5 rings (SSSR count). The van der Waals surface area contributed by atoms with Crippen molar-refractivity contribution in [1.82, 2.24) is 14.7 Å². The number of ether oxygens (including phenoxy) is 1.